The van der Waals surface area contributed by atoms with Crippen molar-refractivity contribution >= 4 is 5.91 Å². The molecular weight excluding hydrogens is 272 g/mol. The third-order valence-electron chi connectivity index (χ3n) is 3.23. The first kappa shape index (κ1) is 15.4. The van der Waals surface area contributed by atoms with Crippen molar-refractivity contribution < 1.29 is 19.0 Å². The van der Waals surface area contributed by atoms with Crippen LogP contribution in [0.1, 0.15) is 20.8 Å². The molecule has 6 nitrogen and oxygen atoms in total. The summed E-state index contributed by atoms with van der Waals surface area (Å²) in [6.07, 6.45) is 0. The highest BCUT2D eigenvalue weighted by atomic mass is 16.7. The maximum absolute atomic E-state index is 11.8. The first-order chi connectivity index (χ1) is 9.88. The Bertz CT molecular complexity index is 511. The second-order valence-corrected chi connectivity index (χ2v) is 6.00. The number of nitrogens with one attached hydrogen (secondary N) is 1. The molecule has 2 rings (SSSR count). The van der Waals surface area contributed by atoms with Gasteiger partial charge in [0, 0.05) is 6.07 Å². The summed E-state index contributed by atoms with van der Waals surface area (Å²) < 4.78 is 16.0. The van der Waals surface area contributed by atoms with Gasteiger partial charge in [-0.05, 0) is 17.5 Å². The zero-order chi connectivity index (χ0) is 15.5. The SMILES string of the molecule is CC(C)(C)[C@H](N)C(=O)NCCOc1ccc2c(c1)OCO2. The van der Waals surface area contributed by atoms with Crippen LogP contribution in [0.5, 0.6) is 17.2 Å². The fourth-order valence-electron chi connectivity index (χ4n) is 1.81. The van der Waals surface area contributed by atoms with Crippen LogP contribution in [0, 0.1) is 5.41 Å². The van der Waals surface area contributed by atoms with E-state index in [1.807, 2.05) is 20.8 Å². The number of hydrogen-bond acceptors (Lipinski definition) is 5. The monoisotopic (exact) mass is 294 g/mol. The van der Waals surface area contributed by atoms with E-state index >= 15 is 0 Å². The van der Waals surface area contributed by atoms with Crippen molar-refractivity contribution in [2.75, 3.05) is 19.9 Å². The Labute approximate surface area is 124 Å². The predicted octanol–water partition coefficient (Wildman–Crippen LogP) is 1.28. The largest absolute Gasteiger partial charge is 0.492 e. The Hall–Kier alpha value is -1.95. The first-order valence-corrected chi connectivity index (χ1v) is 6.93. The summed E-state index contributed by atoms with van der Waals surface area (Å²) in [6.45, 7) is 6.79. The van der Waals surface area contributed by atoms with Crippen molar-refractivity contribution in [1.82, 2.24) is 5.32 Å². The number of carbonyl (C=O) groups excluding carboxylic acids is 1. The summed E-state index contributed by atoms with van der Waals surface area (Å²) in [7, 11) is 0. The normalized spacial score (nSPS) is 14.7. The molecule has 0 fully saturated rings. The van der Waals surface area contributed by atoms with E-state index in [4.69, 9.17) is 19.9 Å². The van der Waals surface area contributed by atoms with Gasteiger partial charge in [-0.2, -0.15) is 0 Å². The van der Waals surface area contributed by atoms with Crippen LogP contribution in [0.4, 0.5) is 0 Å². The van der Waals surface area contributed by atoms with Crippen molar-refractivity contribution in [1.29, 1.82) is 0 Å². The molecular formula is C15H22N2O4. The molecule has 0 aromatic heterocycles. The Morgan fingerprint density at radius 2 is 2.10 bits per heavy atom. The van der Waals surface area contributed by atoms with Crippen LogP contribution in [0.25, 0.3) is 0 Å². The molecule has 0 saturated heterocycles. The fourth-order valence-corrected chi connectivity index (χ4v) is 1.81. The van der Waals surface area contributed by atoms with E-state index in [0.717, 1.165) is 0 Å². The van der Waals surface area contributed by atoms with Gasteiger partial charge in [0.25, 0.3) is 0 Å². The number of nitrogens with two attached hydrogens (primary N) is 1. The molecule has 1 aromatic rings. The van der Waals surface area contributed by atoms with Gasteiger partial charge < -0.3 is 25.3 Å². The van der Waals surface area contributed by atoms with Gasteiger partial charge in [-0.25, -0.2) is 0 Å². The van der Waals surface area contributed by atoms with Crippen LogP contribution in [0.15, 0.2) is 18.2 Å². The lowest BCUT2D eigenvalue weighted by molar-refractivity contribution is -0.124. The number of benzene rings is 1. The molecule has 116 valence electrons. The van der Waals surface area contributed by atoms with Gasteiger partial charge in [0.05, 0.1) is 12.6 Å². The summed E-state index contributed by atoms with van der Waals surface area (Å²) in [5.41, 5.74) is 5.60. The van der Waals surface area contributed by atoms with Gasteiger partial charge in [-0.3, -0.25) is 4.79 Å². The van der Waals surface area contributed by atoms with E-state index in [1.54, 1.807) is 18.2 Å². The maximum atomic E-state index is 11.8. The molecule has 1 heterocycles. The van der Waals surface area contributed by atoms with Crippen LogP contribution in [0.3, 0.4) is 0 Å². The summed E-state index contributed by atoms with van der Waals surface area (Å²) in [5, 5.41) is 2.77. The minimum absolute atomic E-state index is 0.170. The molecule has 0 aliphatic carbocycles. The average molecular weight is 294 g/mol. The Morgan fingerprint density at radius 3 is 2.81 bits per heavy atom. The first-order valence-electron chi connectivity index (χ1n) is 6.93. The van der Waals surface area contributed by atoms with Gasteiger partial charge in [-0.15, -0.1) is 0 Å². The van der Waals surface area contributed by atoms with Crippen LogP contribution in [-0.2, 0) is 4.79 Å². The van der Waals surface area contributed by atoms with Crippen molar-refractivity contribution in [3.05, 3.63) is 18.2 Å². The smallest absolute Gasteiger partial charge is 0.237 e. The molecule has 1 atom stereocenters. The molecule has 0 unspecified atom stereocenters. The van der Waals surface area contributed by atoms with Gasteiger partial charge in [0.15, 0.2) is 11.5 Å². The number of hydrogen-bond donors (Lipinski definition) is 2. The van der Waals surface area contributed by atoms with Crippen molar-refractivity contribution in [3.63, 3.8) is 0 Å². The second-order valence-electron chi connectivity index (χ2n) is 6.00. The molecule has 1 aliphatic rings. The number of ether oxygens (including phenoxy) is 3. The third kappa shape index (κ3) is 4.01. The maximum Gasteiger partial charge on any atom is 0.237 e. The highest BCUT2D eigenvalue weighted by Gasteiger charge is 2.26. The van der Waals surface area contributed by atoms with E-state index in [0.29, 0.717) is 30.4 Å². The van der Waals surface area contributed by atoms with Gasteiger partial charge in [0.1, 0.15) is 12.4 Å². The average Bonchev–Trinajstić information content (AvgIpc) is 2.89. The quantitative estimate of drug-likeness (QED) is 0.799. The van der Waals surface area contributed by atoms with E-state index in [-0.39, 0.29) is 18.1 Å². The number of amides is 1. The molecule has 3 N–H and O–H groups in total. The lowest BCUT2D eigenvalue weighted by Gasteiger charge is -2.25. The molecule has 0 radical (unpaired) electrons. The zero-order valence-electron chi connectivity index (χ0n) is 12.6. The summed E-state index contributed by atoms with van der Waals surface area (Å²) in [6, 6.07) is 4.83. The van der Waals surface area contributed by atoms with Crippen LogP contribution >= 0.6 is 0 Å². The summed E-state index contributed by atoms with van der Waals surface area (Å²) >= 11 is 0. The number of fused-ring (bicyclic) bond motifs is 1. The Kier molecular flexibility index (Phi) is 4.57. The highest BCUT2D eigenvalue weighted by Crippen LogP contribution is 2.34. The fraction of sp³-hybridized carbons (Fsp3) is 0.533. The minimum Gasteiger partial charge on any atom is -0.492 e. The number of rotatable bonds is 5. The molecule has 0 saturated carbocycles. The van der Waals surface area contributed by atoms with E-state index in [2.05, 4.69) is 5.32 Å². The Morgan fingerprint density at radius 1 is 1.38 bits per heavy atom. The van der Waals surface area contributed by atoms with E-state index in [9.17, 15) is 4.79 Å². The lowest BCUT2D eigenvalue weighted by atomic mass is 9.87. The van der Waals surface area contributed by atoms with Gasteiger partial charge in [-0.1, -0.05) is 20.8 Å². The van der Waals surface area contributed by atoms with Gasteiger partial charge >= 0.3 is 0 Å². The third-order valence-corrected chi connectivity index (χ3v) is 3.23. The zero-order valence-corrected chi connectivity index (χ0v) is 12.6. The van der Waals surface area contributed by atoms with E-state index in [1.165, 1.54) is 0 Å². The molecule has 0 spiro atoms. The van der Waals surface area contributed by atoms with Gasteiger partial charge in [0.2, 0.25) is 12.7 Å². The van der Waals surface area contributed by atoms with Crippen molar-refractivity contribution in [2.24, 2.45) is 11.1 Å². The van der Waals surface area contributed by atoms with Crippen molar-refractivity contribution in [3.8, 4) is 17.2 Å². The molecule has 0 bridgehead atoms. The standard InChI is InChI=1S/C15H22N2O4/c1-15(2,3)13(16)14(18)17-6-7-19-10-4-5-11-12(8-10)21-9-20-11/h4-5,8,13H,6-7,9,16H2,1-3H3,(H,17,18)/t13-/m1/s1. The number of carbonyl (C=O) groups is 1. The lowest BCUT2D eigenvalue weighted by Crippen LogP contribution is -2.49. The summed E-state index contributed by atoms with van der Waals surface area (Å²) in [4.78, 5) is 11.8. The van der Waals surface area contributed by atoms with Crippen LogP contribution in [0.2, 0.25) is 0 Å². The molecule has 1 amide bonds. The highest BCUT2D eigenvalue weighted by molar-refractivity contribution is 5.82. The minimum atomic E-state index is -0.539. The summed E-state index contributed by atoms with van der Waals surface area (Å²) in [5.74, 6) is 1.89. The second kappa shape index (κ2) is 6.22. The predicted molar refractivity (Wildman–Crippen MR) is 78.5 cm³/mol. The molecule has 21 heavy (non-hydrogen) atoms. The molecule has 6 heteroatoms. The van der Waals surface area contributed by atoms with Crippen LogP contribution in [-0.4, -0.2) is 31.9 Å². The topological polar surface area (TPSA) is 82.8 Å². The molecule has 1 aliphatic heterocycles. The molecule has 1 aromatic carbocycles. The van der Waals surface area contributed by atoms with Crippen LogP contribution < -0.4 is 25.3 Å². The van der Waals surface area contributed by atoms with Crippen molar-refractivity contribution in [2.45, 2.75) is 26.8 Å². The van der Waals surface area contributed by atoms with E-state index < -0.39 is 6.04 Å². The Balaban J connectivity index is 1.74.